The summed E-state index contributed by atoms with van der Waals surface area (Å²) < 4.78 is 0. The molecule has 12 heavy (non-hydrogen) atoms. The van der Waals surface area contributed by atoms with E-state index in [1.54, 1.807) is 6.07 Å². The molecule has 62 valence electrons. The summed E-state index contributed by atoms with van der Waals surface area (Å²) in [6.07, 6.45) is 0. The third-order valence-corrected chi connectivity index (χ3v) is 2.86. The molecule has 3 heteroatoms. The Morgan fingerprint density at radius 1 is 1.58 bits per heavy atom. The summed E-state index contributed by atoms with van der Waals surface area (Å²) in [6, 6.07) is 5.74. The molecule has 0 saturated heterocycles. The van der Waals surface area contributed by atoms with Gasteiger partial charge in [0.15, 0.2) is 0 Å². The molecule has 1 nitrogen and oxygen atoms in total. The van der Waals surface area contributed by atoms with Crippen molar-refractivity contribution in [2.75, 3.05) is 0 Å². The maximum Gasteiger partial charge on any atom is 0.0994 e. The van der Waals surface area contributed by atoms with Gasteiger partial charge in [-0.05, 0) is 24.1 Å². The van der Waals surface area contributed by atoms with Crippen LogP contribution in [0.5, 0.6) is 0 Å². The average molecular weight is 245 g/mol. The predicted octanol–water partition coefficient (Wildman–Crippen LogP) is 3.42. The SMILES string of the molecule is Cc1c(C#N)ccc(CBr)c1Cl. The first-order valence-corrected chi connectivity index (χ1v) is 4.94. The first-order valence-electron chi connectivity index (χ1n) is 3.44. The highest BCUT2D eigenvalue weighted by molar-refractivity contribution is 9.08. The summed E-state index contributed by atoms with van der Waals surface area (Å²) >= 11 is 9.32. The van der Waals surface area contributed by atoms with Crippen LogP contribution in [0, 0.1) is 18.3 Å². The van der Waals surface area contributed by atoms with Gasteiger partial charge in [0.2, 0.25) is 0 Å². The molecule has 1 rings (SSSR count). The van der Waals surface area contributed by atoms with Crippen LogP contribution in [0.4, 0.5) is 0 Å². The summed E-state index contributed by atoms with van der Waals surface area (Å²) in [7, 11) is 0. The van der Waals surface area contributed by atoms with Crippen molar-refractivity contribution >= 4 is 27.5 Å². The minimum Gasteiger partial charge on any atom is -0.192 e. The van der Waals surface area contributed by atoms with Crippen LogP contribution in [-0.4, -0.2) is 0 Å². The molecule has 1 aromatic rings. The van der Waals surface area contributed by atoms with E-state index >= 15 is 0 Å². The van der Waals surface area contributed by atoms with Crippen LogP contribution < -0.4 is 0 Å². The van der Waals surface area contributed by atoms with Gasteiger partial charge in [-0.15, -0.1) is 0 Å². The molecule has 0 aromatic heterocycles. The maximum absolute atomic E-state index is 8.69. The zero-order valence-corrected chi connectivity index (χ0v) is 8.91. The fourth-order valence-corrected chi connectivity index (χ4v) is 1.83. The van der Waals surface area contributed by atoms with Gasteiger partial charge < -0.3 is 0 Å². The lowest BCUT2D eigenvalue weighted by Gasteiger charge is -2.04. The van der Waals surface area contributed by atoms with Crippen LogP contribution in [0.2, 0.25) is 5.02 Å². The molecule has 0 radical (unpaired) electrons. The normalized spacial score (nSPS) is 9.50. The Hall–Kier alpha value is -0.520. The number of alkyl halides is 1. The van der Waals surface area contributed by atoms with E-state index in [-0.39, 0.29) is 0 Å². The minimum atomic E-state index is 0.643. The molecule has 0 aliphatic rings. The second-order valence-electron chi connectivity index (χ2n) is 2.46. The predicted molar refractivity (Wildman–Crippen MR) is 53.5 cm³/mol. The van der Waals surface area contributed by atoms with Crippen molar-refractivity contribution < 1.29 is 0 Å². The van der Waals surface area contributed by atoms with E-state index in [0.717, 1.165) is 16.5 Å². The highest BCUT2D eigenvalue weighted by Gasteiger charge is 2.05. The smallest absolute Gasteiger partial charge is 0.0994 e. The quantitative estimate of drug-likeness (QED) is 0.695. The Morgan fingerprint density at radius 2 is 2.25 bits per heavy atom. The molecule has 0 spiro atoms. The van der Waals surface area contributed by atoms with E-state index in [0.29, 0.717) is 10.6 Å². The summed E-state index contributed by atoms with van der Waals surface area (Å²) in [6.45, 7) is 1.85. The number of halogens is 2. The van der Waals surface area contributed by atoms with Gasteiger partial charge in [-0.2, -0.15) is 5.26 Å². The van der Waals surface area contributed by atoms with Crippen LogP contribution in [-0.2, 0) is 5.33 Å². The third-order valence-electron chi connectivity index (χ3n) is 1.73. The molecule has 1 aromatic carbocycles. The topological polar surface area (TPSA) is 23.8 Å². The van der Waals surface area contributed by atoms with Gasteiger partial charge >= 0.3 is 0 Å². The van der Waals surface area contributed by atoms with Gasteiger partial charge in [-0.3, -0.25) is 0 Å². The van der Waals surface area contributed by atoms with E-state index < -0.39 is 0 Å². The van der Waals surface area contributed by atoms with Gasteiger partial charge in [0.25, 0.3) is 0 Å². The van der Waals surface area contributed by atoms with Gasteiger partial charge in [-0.1, -0.05) is 33.6 Å². The van der Waals surface area contributed by atoms with E-state index in [4.69, 9.17) is 16.9 Å². The highest BCUT2D eigenvalue weighted by atomic mass is 79.9. The third kappa shape index (κ3) is 1.63. The number of benzene rings is 1. The summed E-state index contributed by atoms with van der Waals surface area (Å²) in [5, 5.41) is 10.1. The standard InChI is InChI=1S/C9H7BrClN/c1-6-8(5-12)3-2-7(4-10)9(6)11/h2-3H,4H2,1H3. The van der Waals surface area contributed by atoms with Crippen molar-refractivity contribution in [3.8, 4) is 6.07 Å². The number of rotatable bonds is 1. The van der Waals surface area contributed by atoms with E-state index in [9.17, 15) is 0 Å². The summed E-state index contributed by atoms with van der Waals surface area (Å²) in [5.41, 5.74) is 2.52. The molecule has 0 heterocycles. The number of hydrogen-bond donors (Lipinski definition) is 0. The summed E-state index contributed by atoms with van der Waals surface area (Å²) in [5.74, 6) is 0. The van der Waals surface area contributed by atoms with Gasteiger partial charge in [0, 0.05) is 10.4 Å². The number of hydrogen-bond acceptors (Lipinski definition) is 1. The molecule has 0 unspecified atom stereocenters. The first-order chi connectivity index (χ1) is 5.70. The van der Waals surface area contributed by atoms with Crippen LogP contribution >= 0.6 is 27.5 Å². The fraction of sp³-hybridized carbons (Fsp3) is 0.222. The number of nitriles is 1. The lowest BCUT2D eigenvalue weighted by Crippen LogP contribution is -1.88. The second-order valence-corrected chi connectivity index (χ2v) is 3.40. The molecule has 0 fully saturated rings. The largest absolute Gasteiger partial charge is 0.192 e. The molecule has 0 bridgehead atoms. The minimum absolute atomic E-state index is 0.643. The van der Waals surface area contributed by atoms with Crippen LogP contribution in [0.1, 0.15) is 16.7 Å². The molecule has 0 amide bonds. The molecule has 0 atom stereocenters. The van der Waals surface area contributed by atoms with Crippen LogP contribution in [0.25, 0.3) is 0 Å². The molecule has 0 saturated carbocycles. The highest BCUT2D eigenvalue weighted by Crippen LogP contribution is 2.25. The van der Waals surface area contributed by atoms with Crippen molar-refractivity contribution in [2.45, 2.75) is 12.3 Å². The van der Waals surface area contributed by atoms with Crippen molar-refractivity contribution in [3.05, 3.63) is 33.8 Å². The second kappa shape index (κ2) is 3.93. The van der Waals surface area contributed by atoms with E-state index in [2.05, 4.69) is 22.0 Å². The van der Waals surface area contributed by atoms with Crippen LogP contribution in [0.3, 0.4) is 0 Å². The molecule has 0 aliphatic carbocycles. The van der Waals surface area contributed by atoms with Crippen molar-refractivity contribution in [1.82, 2.24) is 0 Å². The van der Waals surface area contributed by atoms with E-state index in [1.807, 2.05) is 13.0 Å². The summed E-state index contributed by atoms with van der Waals surface area (Å²) in [4.78, 5) is 0. The average Bonchev–Trinajstić information content (AvgIpc) is 2.10. The Labute approximate surface area is 85.1 Å². The van der Waals surface area contributed by atoms with Crippen molar-refractivity contribution in [3.63, 3.8) is 0 Å². The van der Waals surface area contributed by atoms with E-state index in [1.165, 1.54) is 0 Å². The van der Waals surface area contributed by atoms with Crippen molar-refractivity contribution in [2.24, 2.45) is 0 Å². The van der Waals surface area contributed by atoms with Gasteiger partial charge in [0.05, 0.1) is 11.6 Å². The lowest BCUT2D eigenvalue weighted by atomic mass is 10.1. The zero-order valence-electron chi connectivity index (χ0n) is 6.56. The molecular formula is C9H7BrClN. The maximum atomic E-state index is 8.69. The number of nitrogens with zero attached hydrogens (tertiary/aromatic N) is 1. The first kappa shape index (κ1) is 9.57. The van der Waals surface area contributed by atoms with Gasteiger partial charge in [-0.25, -0.2) is 0 Å². The monoisotopic (exact) mass is 243 g/mol. The fourth-order valence-electron chi connectivity index (χ4n) is 0.965. The molecule has 0 N–H and O–H groups in total. The van der Waals surface area contributed by atoms with Gasteiger partial charge in [0.1, 0.15) is 0 Å². The van der Waals surface area contributed by atoms with Crippen molar-refractivity contribution in [1.29, 1.82) is 5.26 Å². The Kier molecular flexibility index (Phi) is 3.13. The Bertz CT molecular complexity index is 341. The van der Waals surface area contributed by atoms with Crippen LogP contribution in [0.15, 0.2) is 12.1 Å². The molecule has 0 aliphatic heterocycles. The Morgan fingerprint density at radius 3 is 2.75 bits per heavy atom. The zero-order chi connectivity index (χ0) is 9.14. The molecular weight excluding hydrogens is 237 g/mol. The lowest BCUT2D eigenvalue weighted by molar-refractivity contribution is 1.33. The Balaban J connectivity index is 3.32.